The van der Waals surface area contributed by atoms with Crippen molar-refractivity contribution in [2.24, 2.45) is 5.92 Å². The molecule has 0 aliphatic carbocycles. The number of aromatic nitrogens is 4. The summed E-state index contributed by atoms with van der Waals surface area (Å²) in [5.74, 6) is -1.79. The standard InChI is InChI=1S/C17H23N5O5/c1-9(2)6-12(15(24)26-5)19-13(23)8-27-16(25)14-20-17-18-10(3)7-11(4)22(17)21-14/h7,9,12H,6,8H2,1-5H3,(H,19,23)/t12-/m1/s1. The number of aryl methyl sites for hydroxylation is 2. The van der Waals surface area contributed by atoms with Crippen LogP contribution in [0.2, 0.25) is 0 Å². The van der Waals surface area contributed by atoms with Gasteiger partial charge >= 0.3 is 11.9 Å². The van der Waals surface area contributed by atoms with Gasteiger partial charge in [-0.2, -0.15) is 4.98 Å². The third-order valence-electron chi connectivity index (χ3n) is 3.66. The molecule has 146 valence electrons. The molecular formula is C17H23N5O5. The molecule has 10 heteroatoms. The molecular weight excluding hydrogens is 354 g/mol. The van der Waals surface area contributed by atoms with Crippen LogP contribution in [0.5, 0.6) is 0 Å². The number of ether oxygens (including phenoxy) is 2. The summed E-state index contributed by atoms with van der Waals surface area (Å²) in [4.78, 5) is 44.0. The Morgan fingerprint density at radius 2 is 1.93 bits per heavy atom. The maximum Gasteiger partial charge on any atom is 0.378 e. The van der Waals surface area contributed by atoms with Gasteiger partial charge in [-0.25, -0.2) is 19.1 Å². The maximum atomic E-state index is 12.1. The lowest BCUT2D eigenvalue weighted by Gasteiger charge is -2.18. The van der Waals surface area contributed by atoms with Crippen LogP contribution in [0.15, 0.2) is 6.07 Å². The van der Waals surface area contributed by atoms with E-state index in [-0.39, 0.29) is 17.5 Å². The van der Waals surface area contributed by atoms with Crippen molar-refractivity contribution in [3.63, 3.8) is 0 Å². The van der Waals surface area contributed by atoms with Crippen molar-refractivity contribution >= 4 is 23.6 Å². The molecule has 0 spiro atoms. The molecule has 0 aliphatic heterocycles. The van der Waals surface area contributed by atoms with Gasteiger partial charge in [-0.3, -0.25) is 4.79 Å². The van der Waals surface area contributed by atoms with Crippen LogP contribution in [0.4, 0.5) is 0 Å². The number of carbonyl (C=O) groups excluding carboxylic acids is 3. The number of amides is 1. The van der Waals surface area contributed by atoms with E-state index < -0.39 is 30.5 Å². The van der Waals surface area contributed by atoms with Gasteiger partial charge in [0.15, 0.2) is 6.61 Å². The maximum absolute atomic E-state index is 12.1. The fourth-order valence-electron chi connectivity index (χ4n) is 2.51. The predicted molar refractivity (Wildman–Crippen MR) is 93.9 cm³/mol. The number of hydrogen-bond donors (Lipinski definition) is 1. The molecule has 0 saturated heterocycles. The molecule has 0 aliphatic rings. The van der Waals surface area contributed by atoms with Crippen LogP contribution in [0, 0.1) is 19.8 Å². The Kier molecular flexibility index (Phi) is 6.43. The second-order valence-corrected chi connectivity index (χ2v) is 6.54. The van der Waals surface area contributed by atoms with Crippen molar-refractivity contribution < 1.29 is 23.9 Å². The first-order valence-electron chi connectivity index (χ1n) is 8.46. The van der Waals surface area contributed by atoms with E-state index in [2.05, 4.69) is 25.1 Å². The predicted octanol–water partition coefficient (Wildman–Crippen LogP) is 0.602. The van der Waals surface area contributed by atoms with Gasteiger partial charge in [-0.15, -0.1) is 5.10 Å². The van der Waals surface area contributed by atoms with E-state index in [9.17, 15) is 14.4 Å². The number of hydrogen-bond acceptors (Lipinski definition) is 8. The average molecular weight is 377 g/mol. The highest BCUT2D eigenvalue weighted by Gasteiger charge is 2.24. The van der Waals surface area contributed by atoms with Crippen molar-refractivity contribution in [2.75, 3.05) is 13.7 Å². The lowest BCUT2D eigenvalue weighted by atomic mass is 10.0. The van der Waals surface area contributed by atoms with E-state index in [1.807, 2.05) is 13.8 Å². The van der Waals surface area contributed by atoms with Gasteiger partial charge in [0.2, 0.25) is 0 Å². The quantitative estimate of drug-likeness (QED) is 0.696. The molecule has 2 aromatic heterocycles. The monoisotopic (exact) mass is 377 g/mol. The van der Waals surface area contributed by atoms with E-state index in [1.54, 1.807) is 19.9 Å². The van der Waals surface area contributed by atoms with Gasteiger partial charge in [-0.05, 0) is 32.3 Å². The summed E-state index contributed by atoms with van der Waals surface area (Å²) in [5, 5.41) is 6.54. The zero-order valence-electron chi connectivity index (χ0n) is 16.0. The van der Waals surface area contributed by atoms with Crippen LogP contribution >= 0.6 is 0 Å². The minimum absolute atomic E-state index is 0.165. The first-order valence-corrected chi connectivity index (χ1v) is 8.46. The van der Waals surface area contributed by atoms with Crippen molar-refractivity contribution in [3.8, 4) is 0 Å². The first-order chi connectivity index (χ1) is 12.7. The lowest BCUT2D eigenvalue weighted by Crippen LogP contribution is -2.44. The number of rotatable bonds is 7. The second kappa shape index (κ2) is 8.56. The molecule has 10 nitrogen and oxygen atoms in total. The highest BCUT2D eigenvalue weighted by atomic mass is 16.5. The molecule has 1 atom stereocenters. The summed E-state index contributed by atoms with van der Waals surface area (Å²) in [6.45, 7) is 6.87. The minimum atomic E-state index is -0.855. The van der Waals surface area contributed by atoms with Crippen LogP contribution in [0.3, 0.4) is 0 Å². The number of carbonyl (C=O) groups is 3. The molecule has 0 fully saturated rings. The van der Waals surface area contributed by atoms with E-state index in [4.69, 9.17) is 4.74 Å². The fraction of sp³-hybridized carbons (Fsp3) is 0.529. The normalized spacial score (nSPS) is 12.1. The highest BCUT2D eigenvalue weighted by molar-refractivity contribution is 5.89. The van der Waals surface area contributed by atoms with Crippen LogP contribution in [0.1, 0.15) is 42.3 Å². The van der Waals surface area contributed by atoms with Crippen LogP contribution < -0.4 is 5.32 Å². The van der Waals surface area contributed by atoms with Crippen molar-refractivity contribution in [2.45, 2.75) is 40.2 Å². The van der Waals surface area contributed by atoms with Gasteiger partial charge in [0.05, 0.1) is 7.11 Å². The van der Waals surface area contributed by atoms with Crippen LogP contribution in [0.25, 0.3) is 5.78 Å². The molecule has 0 bridgehead atoms. The Morgan fingerprint density at radius 1 is 1.22 bits per heavy atom. The third-order valence-corrected chi connectivity index (χ3v) is 3.66. The molecule has 2 aromatic rings. The molecule has 2 heterocycles. The zero-order chi connectivity index (χ0) is 20.1. The first kappa shape index (κ1) is 20.3. The van der Waals surface area contributed by atoms with Crippen molar-refractivity contribution in [1.29, 1.82) is 0 Å². The van der Waals surface area contributed by atoms with Gasteiger partial charge in [0.25, 0.3) is 17.5 Å². The smallest absolute Gasteiger partial charge is 0.378 e. The Labute approximate surface area is 156 Å². The summed E-state index contributed by atoms with van der Waals surface area (Å²) in [6, 6.07) is 0.996. The fourth-order valence-corrected chi connectivity index (χ4v) is 2.51. The van der Waals surface area contributed by atoms with E-state index >= 15 is 0 Å². The lowest BCUT2D eigenvalue weighted by molar-refractivity contribution is -0.145. The number of fused-ring (bicyclic) bond motifs is 1. The third kappa shape index (κ3) is 5.22. The van der Waals surface area contributed by atoms with Crippen LogP contribution in [-0.4, -0.2) is 57.2 Å². The van der Waals surface area contributed by atoms with Crippen molar-refractivity contribution in [3.05, 3.63) is 23.3 Å². The largest absolute Gasteiger partial charge is 0.467 e. The molecule has 0 aromatic carbocycles. The molecule has 1 amide bonds. The Bertz CT molecular complexity index is 861. The molecule has 2 rings (SSSR count). The van der Waals surface area contributed by atoms with Gasteiger partial charge < -0.3 is 14.8 Å². The number of methoxy groups -OCH3 is 1. The summed E-state index contributed by atoms with van der Waals surface area (Å²) in [5.41, 5.74) is 1.50. The van der Waals surface area contributed by atoms with Gasteiger partial charge in [0, 0.05) is 11.4 Å². The Morgan fingerprint density at radius 3 is 2.56 bits per heavy atom. The summed E-state index contributed by atoms with van der Waals surface area (Å²) >= 11 is 0. The van der Waals surface area contributed by atoms with E-state index in [1.165, 1.54) is 11.6 Å². The topological polar surface area (TPSA) is 125 Å². The molecule has 0 saturated carbocycles. The molecule has 0 radical (unpaired) electrons. The summed E-state index contributed by atoms with van der Waals surface area (Å²) < 4.78 is 11.0. The van der Waals surface area contributed by atoms with Gasteiger partial charge in [-0.1, -0.05) is 13.8 Å². The van der Waals surface area contributed by atoms with Crippen LogP contribution in [-0.2, 0) is 19.1 Å². The summed E-state index contributed by atoms with van der Waals surface area (Å²) in [6.07, 6.45) is 0.407. The number of nitrogens with zero attached hydrogens (tertiary/aromatic N) is 4. The summed E-state index contributed by atoms with van der Waals surface area (Å²) in [7, 11) is 1.24. The Balaban J connectivity index is 1.99. The minimum Gasteiger partial charge on any atom is -0.467 e. The molecule has 0 unspecified atom stereocenters. The zero-order valence-corrected chi connectivity index (χ0v) is 16.0. The highest BCUT2D eigenvalue weighted by Crippen LogP contribution is 2.07. The van der Waals surface area contributed by atoms with Gasteiger partial charge in [0.1, 0.15) is 6.04 Å². The van der Waals surface area contributed by atoms with E-state index in [0.717, 1.165) is 11.4 Å². The number of nitrogens with one attached hydrogen (secondary N) is 1. The second-order valence-electron chi connectivity index (χ2n) is 6.54. The number of esters is 2. The molecule has 1 N–H and O–H groups in total. The van der Waals surface area contributed by atoms with E-state index in [0.29, 0.717) is 6.42 Å². The van der Waals surface area contributed by atoms with Crippen molar-refractivity contribution in [1.82, 2.24) is 24.9 Å². The Hall–Kier alpha value is -3.04. The SMILES string of the molecule is COC(=O)[C@@H](CC(C)C)NC(=O)COC(=O)c1nc2nc(C)cc(C)n2n1. The molecule has 27 heavy (non-hydrogen) atoms. The average Bonchev–Trinajstić information content (AvgIpc) is 3.02.